The first kappa shape index (κ1) is 25.6. The molecule has 0 unspecified atom stereocenters. The van der Waals surface area contributed by atoms with Crippen molar-refractivity contribution in [1.82, 2.24) is 24.0 Å². The molecule has 1 aromatic carbocycles. The highest BCUT2D eigenvalue weighted by molar-refractivity contribution is 7.89. The van der Waals surface area contributed by atoms with E-state index >= 15 is 0 Å². The normalized spacial score (nSPS) is 18.6. The maximum atomic E-state index is 13.3. The summed E-state index contributed by atoms with van der Waals surface area (Å²) in [5.74, 6) is -0.263. The zero-order valence-corrected chi connectivity index (χ0v) is 22.0. The van der Waals surface area contributed by atoms with E-state index in [-0.39, 0.29) is 36.3 Å². The molecule has 0 spiro atoms. The van der Waals surface area contributed by atoms with Crippen molar-refractivity contribution in [1.29, 1.82) is 0 Å². The topological polar surface area (TPSA) is 118 Å². The highest BCUT2D eigenvalue weighted by atomic mass is 32.2. The van der Waals surface area contributed by atoms with Crippen LogP contribution in [0.3, 0.4) is 0 Å². The van der Waals surface area contributed by atoms with E-state index < -0.39 is 16.1 Å². The Kier molecular flexibility index (Phi) is 7.68. The van der Waals surface area contributed by atoms with Crippen molar-refractivity contribution in [2.24, 2.45) is 5.92 Å². The standard InChI is InChI=1S/C25H30N6O4S2/c32-23-18-29(37(34,35)21-9-7-20(8-10-21)31-13-4-11-27-31)14-15-30(23)22(17-19-5-2-1-3-6-19)24(33)28-25-26-12-16-36-25/h4,7-13,16,19,22H,1-3,5-6,14-15,17-18H2,(H,26,28,33)/t22-/m0/s1. The molecule has 3 aromatic rings. The second kappa shape index (κ2) is 11.1. The van der Waals surface area contributed by atoms with Crippen LogP contribution in [-0.2, 0) is 19.6 Å². The van der Waals surface area contributed by atoms with E-state index in [1.165, 1.54) is 34.2 Å². The Labute approximate surface area is 220 Å². The summed E-state index contributed by atoms with van der Waals surface area (Å²) in [4.78, 5) is 32.4. The van der Waals surface area contributed by atoms with E-state index in [4.69, 9.17) is 0 Å². The van der Waals surface area contributed by atoms with Crippen molar-refractivity contribution in [2.45, 2.75) is 49.5 Å². The number of carbonyl (C=O) groups is 2. The number of rotatable bonds is 8. The minimum absolute atomic E-state index is 0.116. The summed E-state index contributed by atoms with van der Waals surface area (Å²) in [6, 6.07) is 7.54. The van der Waals surface area contributed by atoms with Crippen LogP contribution in [0.4, 0.5) is 5.13 Å². The van der Waals surface area contributed by atoms with Crippen LogP contribution in [0.15, 0.2) is 59.2 Å². The largest absolute Gasteiger partial charge is 0.328 e. The lowest BCUT2D eigenvalue weighted by molar-refractivity contribution is -0.142. The molecule has 196 valence electrons. The monoisotopic (exact) mass is 542 g/mol. The molecule has 0 bridgehead atoms. The van der Waals surface area contributed by atoms with Gasteiger partial charge in [0.2, 0.25) is 21.8 Å². The van der Waals surface area contributed by atoms with Gasteiger partial charge < -0.3 is 10.2 Å². The fraction of sp³-hybridized carbons (Fsp3) is 0.440. The first-order valence-corrected chi connectivity index (χ1v) is 14.8. The van der Waals surface area contributed by atoms with E-state index in [1.54, 1.807) is 51.8 Å². The molecular formula is C25H30N6O4S2. The molecule has 1 N–H and O–H groups in total. The summed E-state index contributed by atoms with van der Waals surface area (Å²) >= 11 is 1.32. The van der Waals surface area contributed by atoms with Gasteiger partial charge in [0.15, 0.2) is 5.13 Å². The van der Waals surface area contributed by atoms with Gasteiger partial charge in [0.25, 0.3) is 0 Å². The average molecular weight is 543 g/mol. The molecule has 0 radical (unpaired) electrons. The van der Waals surface area contributed by atoms with Gasteiger partial charge in [-0.2, -0.15) is 9.40 Å². The Bertz CT molecular complexity index is 1300. The molecule has 5 rings (SSSR count). The van der Waals surface area contributed by atoms with Crippen LogP contribution in [0.1, 0.15) is 38.5 Å². The molecule has 2 fully saturated rings. The van der Waals surface area contributed by atoms with Crippen LogP contribution >= 0.6 is 11.3 Å². The number of thiazole rings is 1. The molecule has 2 amide bonds. The minimum Gasteiger partial charge on any atom is -0.328 e. The average Bonchev–Trinajstić information content (AvgIpc) is 3.63. The number of hydrogen-bond donors (Lipinski definition) is 1. The van der Waals surface area contributed by atoms with Crippen molar-refractivity contribution < 1.29 is 18.0 Å². The zero-order chi connectivity index (χ0) is 25.8. The first-order valence-electron chi connectivity index (χ1n) is 12.5. The van der Waals surface area contributed by atoms with Crippen LogP contribution in [0.5, 0.6) is 0 Å². The van der Waals surface area contributed by atoms with Crippen LogP contribution in [0, 0.1) is 5.92 Å². The third-order valence-corrected chi connectivity index (χ3v) is 9.64. The number of piperazine rings is 1. The summed E-state index contributed by atoms with van der Waals surface area (Å²) < 4.78 is 29.5. The van der Waals surface area contributed by atoms with Gasteiger partial charge in [0.1, 0.15) is 6.04 Å². The van der Waals surface area contributed by atoms with Crippen LogP contribution in [0.2, 0.25) is 0 Å². The Balaban J connectivity index is 1.30. The Morgan fingerprint density at radius 3 is 2.54 bits per heavy atom. The molecule has 2 aromatic heterocycles. The summed E-state index contributed by atoms with van der Waals surface area (Å²) in [7, 11) is -3.87. The van der Waals surface area contributed by atoms with Gasteiger partial charge >= 0.3 is 0 Å². The van der Waals surface area contributed by atoms with Crippen molar-refractivity contribution >= 4 is 38.3 Å². The third kappa shape index (κ3) is 5.76. The number of sulfonamides is 1. The Morgan fingerprint density at radius 2 is 1.89 bits per heavy atom. The summed E-state index contributed by atoms with van der Waals surface area (Å²) in [6.45, 7) is -0.0122. The number of nitrogens with zero attached hydrogens (tertiary/aromatic N) is 5. The van der Waals surface area contributed by atoms with E-state index in [1.807, 2.05) is 0 Å². The van der Waals surface area contributed by atoms with Gasteiger partial charge in [-0.3, -0.25) is 9.59 Å². The van der Waals surface area contributed by atoms with Crippen molar-refractivity contribution in [3.8, 4) is 5.69 Å². The van der Waals surface area contributed by atoms with Crippen LogP contribution in [-0.4, -0.2) is 69.9 Å². The van der Waals surface area contributed by atoms with Crippen LogP contribution < -0.4 is 5.32 Å². The molecule has 2 aliphatic rings. The highest BCUT2D eigenvalue weighted by Gasteiger charge is 2.39. The predicted molar refractivity (Wildman–Crippen MR) is 140 cm³/mol. The molecule has 1 saturated heterocycles. The van der Waals surface area contributed by atoms with Gasteiger partial charge in [-0.1, -0.05) is 32.1 Å². The van der Waals surface area contributed by atoms with Crippen molar-refractivity contribution in [2.75, 3.05) is 25.0 Å². The Hall–Kier alpha value is -3.09. The lowest BCUT2D eigenvalue weighted by Gasteiger charge is -2.39. The Morgan fingerprint density at radius 1 is 1.11 bits per heavy atom. The van der Waals surface area contributed by atoms with Gasteiger partial charge in [-0.05, 0) is 42.7 Å². The first-order chi connectivity index (χ1) is 17.9. The molecule has 10 nitrogen and oxygen atoms in total. The van der Waals surface area contributed by atoms with Crippen molar-refractivity contribution in [3.05, 3.63) is 54.3 Å². The molecule has 1 atom stereocenters. The number of anilines is 1. The van der Waals surface area contributed by atoms with Crippen LogP contribution in [0.25, 0.3) is 5.69 Å². The molecular weight excluding hydrogens is 512 g/mol. The van der Waals surface area contributed by atoms with Gasteiger partial charge in [-0.15, -0.1) is 11.3 Å². The lowest BCUT2D eigenvalue weighted by atomic mass is 9.84. The van der Waals surface area contributed by atoms with E-state index in [9.17, 15) is 18.0 Å². The van der Waals surface area contributed by atoms with E-state index in [2.05, 4.69) is 15.4 Å². The zero-order valence-electron chi connectivity index (χ0n) is 20.4. The van der Waals surface area contributed by atoms with E-state index in [0.717, 1.165) is 31.4 Å². The molecule has 37 heavy (non-hydrogen) atoms. The van der Waals surface area contributed by atoms with Gasteiger partial charge in [-0.25, -0.2) is 18.1 Å². The number of amides is 2. The molecule has 1 aliphatic carbocycles. The molecule has 1 saturated carbocycles. The summed E-state index contributed by atoms with van der Waals surface area (Å²) in [6.07, 6.45) is 11.2. The molecule has 12 heteroatoms. The number of aromatic nitrogens is 3. The quantitative estimate of drug-likeness (QED) is 0.467. The number of benzene rings is 1. The van der Waals surface area contributed by atoms with Gasteiger partial charge in [0.05, 0.1) is 17.1 Å². The molecule has 1 aliphatic heterocycles. The number of hydrogen-bond acceptors (Lipinski definition) is 7. The fourth-order valence-electron chi connectivity index (χ4n) is 5.13. The minimum atomic E-state index is -3.87. The highest BCUT2D eigenvalue weighted by Crippen LogP contribution is 2.30. The molecule has 3 heterocycles. The summed E-state index contributed by atoms with van der Waals surface area (Å²) in [5.41, 5.74) is 0.738. The van der Waals surface area contributed by atoms with E-state index in [0.29, 0.717) is 17.5 Å². The van der Waals surface area contributed by atoms with Crippen molar-refractivity contribution in [3.63, 3.8) is 0 Å². The number of carbonyl (C=O) groups excluding carboxylic acids is 2. The van der Waals surface area contributed by atoms with Gasteiger partial charge in [0, 0.05) is 37.1 Å². The maximum absolute atomic E-state index is 13.3. The lowest BCUT2D eigenvalue weighted by Crippen LogP contribution is -2.58. The second-order valence-corrected chi connectivity index (χ2v) is 12.3. The third-order valence-electron chi connectivity index (χ3n) is 7.09. The summed E-state index contributed by atoms with van der Waals surface area (Å²) in [5, 5.41) is 9.27. The maximum Gasteiger partial charge on any atom is 0.248 e. The smallest absolute Gasteiger partial charge is 0.248 e. The number of nitrogens with one attached hydrogen (secondary N) is 1. The second-order valence-electron chi connectivity index (χ2n) is 9.45. The predicted octanol–water partition coefficient (Wildman–Crippen LogP) is 3.14. The SMILES string of the molecule is O=C(Nc1nccs1)[C@H](CC1CCCCC1)N1CCN(S(=O)(=O)c2ccc(-n3cccn3)cc2)CC1=O. The fourth-order valence-corrected chi connectivity index (χ4v) is 7.04.